The summed E-state index contributed by atoms with van der Waals surface area (Å²) in [6, 6.07) is 30.0. The molecule has 1 saturated heterocycles. The first-order chi connectivity index (χ1) is 28.4. The molecule has 3 aliphatic rings. The number of phenolic OH excluding ortho intramolecular Hbond substituents is 1. The number of rotatable bonds is 7. The molecule has 0 radical (unpaired) electrons. The van der Waals surface area contributed by atoms with Gasteiger partial charge in [-0.2, -0.15) is 5.10 Å². The number of amides is 2. The normalized spacial score (nSPS) is 21.1. The summed E-state index contributed by atoms with van der Waals surface area (Å²) in [7, 11) is 1.70. The predicted molar refractivity (Wildman–Crippen MR) is 226 cm³/mol. The SMILES string of the molecule is Cc1c(-c2cc(N3C(=O)C4CC5C(=CCn6c(=O)n(-c7ccccc7)c(=O)n65)C(c5ccc(OCc6ccccc6)cc5O)C4(C)C3=O)n(C)n2)sc2ccc(Cl)cc12. The molecular weight excluding hydrogens is 788 g/mol. The first-order valence-corrected chi connectivity index (χ1v) is 20.5. The maximum Gasteiger partial charge on any atom is 0.352 e. The number of imide groups is 1. The number of allylic oxidation sites excluding steroid dienone is 2. The Morgan fingerprint density at radius 3 is 2.42 bits per heavy atom. The van der Waals surface area contributed by atoms with Crippen molar-refractivity contribution in [1.29, 1.82) is 0 Å². The second-order valence-corrected chi connectivity index (χ2v) is 17.1. The zero-order chi connectivity index (χ0) is 40.9. The molecule has 2 aliphatic heterocycles. The van der Waals surface area contributed by atoms with Crippen LogP contribution in [0.25, 0.3) is 26.3 Å². The van der Waals surface area contributed by atoms with E-state index in [4.69, 9.17) is 21.4 Å². The van der Waals surface area contributed by atoms with Crippen LogP contribution in [0, 0.1) is 18.3 Å². The van der Waals surface area contributed by atoms with Crippen molar-refractivity contribution < 1.29 is 19.4 Å². The Hall–Kier alpha value is -6.44. The Morgan fingerprint density at radius 1 is 0.932 bits per heavy atom. The summed E-state index contributed by atoms with van der Waals surface area (Å²) in [6.45, 7) is 4.10. The number of aryl methyl sites for hydroxylation is 2. The molecule has 2 amide bonds. The summed E-state index contributed by atoms with van der Waals surface area (Å²) in [5, 5.41) is 18.3. The fourth-order valence-corrected chi connectivity index (χ4v) is 10.8. The van der Waals surface area contributed by atoms with Gasteiger partial charge in [0.25, 0.3) is 0 Å². The van der Waals surface area contributed by atoms with Crippen molar-refractivity contribution in [3.05, 3.63) is 157 Å². The van der Waals surface area contributed by atoms with Crippen LogP contribution in [0.1, 0.15) is 42.0 Å². The van der Waals surface area contributed by atoms with E-state index < -0.39 is 46.5 Å². The number of hydrogen-bond acceptors (Lipinski definition) is 8. The summed E-state index contributed by atoms with van der Waals surface area (Å²) < 4.78 is 12.6. The van der Waals surface area contributed by atoms with E-state index >= 15 is 4.79 Å². The van der Waals surface area contributed by atoms with E-state index in [1.165, 1.54) is 20.3 Å². The second kappa shape index (κ2) is 13.6. The summed E-state index contributed by atoms with van der Waals surface area (Å²) in [6.07, 6.45) is 1.93. The van der Waals surface area contributed by atoms with Crippen LogP contribution < -0.4 is 21.0 Å². The third kappa shape index (κ3) is 5.51. The van der Waals surface area contributed by atoms with E-state index in [1.54, 1.807) is 78.5 Å². The fourth-order valence-electron chi connectivity index (χ4n) is 9.45. The average molecular weight is 825 g/mol. The van der Waals surface area contributed by atoms with E-state index in [1.807, 2.05) is 61.5 Å². The predicted octanol–water partition coefficient (Wildman–Crippen LogP) is 7.53. The molecule has 5 heterocycles. The van der Waals surface area contributed by atoms with Crippen molar-refractivity contribution in [2.24, 2.45) is 18.4 Å². The molecule has 1 aliphatic carbocycles. The van der Waals surface area contributed by atoms with Crippen LogP contribution in [0.3, 0.4) is 0 Å². The number of nitrogens with zero attached hydrogens (tertiary/aromatic N) is 6. The molecule has 0 spiro atoms. The maximum absolute atomic E-state index is 15.3. The zero-order valence-electron chi connectivity index (χ0n) is 32.2. The molecule has 2 fully saturated rings. The van der Waals surface area contributed by atoms with Gasteiger partial charge < -0.3 is 9.84 Å². The summed E-state index contributed by atoms with van der Waals surface area (Å²) in [5.74, 6) is -2.12. The van der Waals surface area contributed by atoms with Crippen molar-refractivity contribution in [3.63, 3.8) is 0 Å². The lowest BCUT2D eigenvalue weighted by atomic mass is 9.56. The smallest absolute Gasteiger partial charge is 0.352 e. The van der Waals surface area contributed by atoms with Gasteiger partial charge >= 0.3 is 11.4 Å². The standard InChI is InChI=1S/C45H37ClN6O6S/c1-25-32-20-27(46)14-17-37(32)59-40(25)34-23-38(48(3)47-34)51-41(54)33-22-35-30(18-19-49-43(56)50(44(57)52(35)49)28-12-8-5-9-13-28)39(45(33,2)42(51)55)31-16-15-29(21-36(31)53)58-24-26-10-6-4-7-11-26/h4-18,20-21,23,33,35,39,53H,19,22,24H2,1-3H3. The molecule has 59 heavy (non-hydrogen) atoms. The number of para-hydroxylation sites is 1. The van der Waals surface area contributed by atoms with Crippen molar-refractivity contribution in [2.75, 3.05) is 4.90 Å². The highest BCUT2D eigenvalue weighted by Gasteiger charge is 2.66. The van der Waals surface area contributed by atoms with Crippen LogP contribution in [0.2, 0.25) is 5.02 Å². The number of carbonyl (C=O) groups excluding carboxylic acids is 2. The van der Waals surface area contributed by atoms with Crippen LogP contribution in [-0.4, -0.2) is 40.6 Å². The van der Waals surface area contributed by atoms with Gasteiger partial charge in [-0.1, -0.05) is 72.3 Å². The molecule has 1 saturated carbocycles. The number of fused-ring (bicyclic) bond motifs is 5. The summed E-state index contributed by atoms with van der Waals surface area (Å²) in [5.41, 5.74) is 1.55. The van der Waals surface area contributed by atoms with Crippen LogP contribution in [0.15, 0.2) is 124 Å². The highest BCUT2D eigenvalue weighted by Crippen LogP contribution is 2.62. The number of benzene rings is 4. The van der Waals surface area contributed by atoms with Crippen molar-refractivity contribution in [3.8, 4) is 27.8 Å². The van der Waals surface area contributed by atoms with Gasteiger partial charge in [0.05, 0.1) is 34.5 Å². The van der Waals surface area contributed by atoms with Gasteiger partial charge in [0.2, 0.25) is 11.8 Å². The third-order valence-corrected chi connectivity index (χ3v) is 13.9. The summed E-state index contributed by atoms with van der Waals surface area (Å²) in [4.78, 5) is 60.6. The fraction of sp³-hybridized carbons (Fsp3) is 0.222. The monoisotopic (exact) mass is 824 g/mol. The molecule has 14 heteroatoms. The molecule has 1 N–H and O–H groups in total. The highest BCUT2D eigenvalue weighted by atomic mass is 35.5. The Kier molecular flexibility index (Phi) is 8.48. The molecule has 10 rings (SSSR count). The maximum atomic E-state index is 15.3. The highest BCUT2D eigenvalue weighted by molar-refractivity contribution is 7.22. The topological polar surface area (TPSA) is 134 Å². The Morgan fingerprint density at radius 2 is 1.68 bits per heavy atom. The van der Waals surface area contributed by atoms with Crippen LogP contribution in [-0.2, 0) is 29.8 Å². The number of phenols is 1. The van der Waals surface area contributed by atoms with Gasteiger partial charge in [0.15, 0.2) is 0 Å². The van der Waals surface area contributed by atoms with E-state index in [0.717, 1.165) is 30.7 Å². The van der Waals surface area contributed by atoms with Gasteiger partial charge in [0, 0.05) is 40.4 Å². The quantitative estimate of drug-likeness (QED) is 0.130. The molecule has 7 aromatic rings. The van der Waals surface area contributed by atoms with Gasteiger partial charge in [-0.3, -0.25) is 14.3 Å². The largest absolute Gasteiger partial charge is 0.508 e. The van der Waals surface area contributed by atoms with Gasteiger partial charge in [-0.25, -0.2) is 28.4 Å². The Balaban J connectivity index is 1.09. The minimum Gasteiger partial charge on any atom is -0.508 e. The number of ether oxygens (including phenoxy) is 1. The number of carbonyl (C=O) groups is 2. The number of aromatic hydroxyl groups is 1. The number of aromatic nitrogens is 5. The van der Waals surface area contributed by atoms with E-state index in [-0.39, 0.29) is 25.3 Å². The Bertz CT molecular complexity index is 3030. The van der Waals surface area contributed by atoms with E-state index in [0.29, 0.717) is 39.1 Å². The van der Waals surface area contributed by atoms with E-state index in [2.05, 4.69) is 0 Å². The number of anilines is 1. The minimum absolute atomic E-state index is 0.0483. The lowest BCUT2D eigenvalue weighted by molar-refractivity contribution is -0.129. The molecular formula is C45H37ClN6O6S. The van der Waals surface area contributed by atoms with Crippen LogP contribution in [0.5, 0.6) is 11.5 Å². The van der Waals surface area contributed by atoms with Gasteiger partial charge in [0.1, 0.15) is 29.6 Å². The number of hydrogen-bond donors (Lipinski definition) is 1. The lowest BCUT2D eigenvalue weighted by Crippen LogP contribution is -2.49. The molecule has 3 aromatic heterocycles. The summed E-state index contributed by atoms with van der Waals surface area (Å²) >= 11 is 7.89. The van der Waals surface area contributed by atoms with Crippen molar-refractivity contribution >= 4 is 50.7 Å². The second-order valence-electron chi connectivity index (χ2n) is 15.6. The molecule has 4 aromatic carbocycles. The molecule has 0 bridgehead atoms. The average Bonchev–Trinajstić information content (AvgIpc) is 3.91. The third-order valence-electron chi connectivity index (χ3n) is 12.3. The first-order valence-electron chi connectivity index (χ1n) is 19.3. The minimum atomic E-state index is -1.41. The molecule has 296 valence electrons. The van der Waals surface area contributed by atoms with Crippen LogP contribution in [0.4, 0.5) is 5.82 Å². The molecule has 4 atom stereocenters. The molecule has 4 unspecified atom stereocenters. The van der Waals surface area contributed by atoms with Crippen molar-refractivity contribution in [2.45, 2.75) is 45.4 Å². The van der Waals surface area contributed by atoms with Gasteiger partial charge in [-0.05, 0) is 78.8 Å². The lowest BCUT2D eigenvalue weighted by Gasteiger charge is -2.47. The zero-order valence-corrected chi connectivity index (χ0v) is 33.8. The van der Waals surface area contributed by atoms with Crippen molar-refractivity contribution in [1.82, 2.24) is 23.7 Å². The van der Waals surface area contributed by atoms with Gasteiger partial charge in [-0.15, -0.1) is 11.3 Å². The van der Waals surface area contributed by atoms with Crippen LogP contribution >= 0.6 is 22.9 Å². The Labute approximate surface area is 346 Å². The molecule has 12 nitrogen and oxygen atoms in total. The number of thiophene rings is 1. The first kappa shape index (κ1) is 36.9. The number of halogens is 1. The van der Waals surface area contributed by atoms with E-state index in [9.17, 15) is 19.5 Å².